The molecule has 8 nitrogen and oxygen atoms in total. The van der Waals surface area contributed by atoms with Crippen LogP contribution in [0.1, 0.15) is 38.7 Å². The Kier molecular flexibility index (Phi) is 6.62. The Morgan fingerprint density at radius 3 is 2.50 bits per heavy atom. The molecule has 4 rings (SSSR count). The molecular weight excluding hydrogens is 430 g/mol. The van der Waals surface area contributed by atoms with E-state index in [9.17, 15) is 18.5 Å². The third kappa shape index (κ3) is 4.43. The maximum absolute atomic E-state index is 13.8. The number of hydrogen-bond acceptors (Lipinski definition) is 6. The molecule has 3 unspecified atom stereocenters. The summed E-state index contributed by atoms with van der Waals surface area (Å²) in [6.07, 6.45) is 2.18. The molecule has 0 radical (unpaired) electrons. The average Bonchev–Trinajstić information content (AvgIpc) is 3.16. The molecule has 0 N–H and O–H groups in total. The van der Waals surface area contributed by atoms with Crippen molar-refractivity contribution < 1.29 is 18.2 Å². The molecule has 32 heavy (non-hydrogen) atoms. The highest BCUT2D eigenvalue weighted by Gasteiger charge is 2.47. The highest BCUT2D eigenvalue weighted by atomic mass is 32.2. The monoisotopic (exact) mass is 459 g/mol. The number of sulfonamides is 1. The van der Waals surface area contributed by atoms with E-state index in [4.69, 9.17) is 4.84 Å². The molecule has 0 amide bonds. The second-order valence-corrected chi connectivity index (χ2v) is 10.7. The molecule has 2 aromatic rings. The molecule has 0 aliphatic carbocycles. The van der Waals surface area contributed by atoms with Gasteiger partial charge >= 0.3 is 0 Å². The summed E-state index contributed by atoms with van der Waals surface area (Å²) in [4.78, 5) is 17.0. The van der Waals surface area contributed by atoms with Crippen molar-refractivity contribution in [1.82, 2.24) is 9.37 Å². The van der Waals surface area contributed by atoms with Crippen molar-refractivity contribution >= 4 is 15.7 Å². The Balaban J connectivity index is 1.73. The van der Waals surface area contributed by atoms with Gasteiger partial charge in [-0.05, 0) is 36.8 Å². The van der Waals surface area contributed by atoms with Crippen molar-refractivity contribution in [3.8, 4) is 0 Å². The molecular formula is C23H29N3O5S. The Hall–Kier alpha value is -2.33. The minimum atomic E-state index is -4.08. The normalized spacial score (nSPS) is 24.9. The number of hydrogen-bond donors (Lipinski definition) is 0. The minimum absolute atomic E-state index is 0.00346. The fourth-order valence-corrected chi connectivity index (χ4v) is 6.91. The molecule has 2 aromatic carbocycles. The standard InChI is InChI=1S/C23H29N3O5S/c1-17(2)23-21-15-19(31-24(21)16-18-9-4-3-5-10-18)11-8-14-25(23)32(29,30)22-13-7-6-12-20(22)26(27)28/h3-7,9-10,12-13,17,19,21,23H,8,11,14-16H2,1-2H3. The Morgan fingerprint density at radius 2 is 1.81 bits per heavy atom. The van der Waals surface area contributed by atoms with Crippen LogP contribution < -0.4 is 0 Å². The number of fused-ring (bicyclic) bond motifs is 2. The third-order valence-electron chi connectivity index (χ3n) is 6.30. The van der Waals surface area contributed by atoms with E-state index in [0.29, 0.717) is 19.5 Å². The summed E-state index contributed by atoms with van der Waals surface area (Å²) in [6.45, 7) is 4.88. The van der Waals surface area contributed by atoms with E-state index >= 15 is 0 Å². The number of benzene rings is 2. The fraction of sp³-hybridized carbons (Fsp3) is 0.478. The van der Waals surface area contributed by atoms with Crippen molar-refractivity contribution in [3.63, 3.8) is 0 Å². The zero-order valence-corrected chi connectivity index (χ0v) is 19.1. The summed E-state index contributed by atoms with van der Waals surface area (Å²) >= 11 is 0. The topological polar surface area (TPSA) is 93.0 Å². The van der Waals surface area contributed by atoms with Crippen LogP contribution in [0.15, 0.2) is 59.5 Å². The van der Waals surface area contributed by atoms with Gasteiger partial charge in [-0.15, -0.1) is 0 Å². The van der Waals surface area contributed by atoms with Crippen LogP contribution in [0.5, 0.6) is 0 Å². The lowest BCUT2D eigenvalue weighted by Crippen LogP contribution is -2.54. The van der Waals surface area contributed by atoms with E-state index in [-0.39, 0.29) is 29.0 Å². The fourth-order valence-electron chi connectivity index (χ4n) is 4.92. The summed E-state index contributed by atoms with van der Waals surface area (Å²) in [7, 11) is -4.08. The highest BCUT2D eigenvalue weighted by molar-refractivity contribution is 7.89. The Labute approximate surface area is 188 Å². The third-order valence-corrected chi connectivity index (χ3v) is 8.25. The zero-order chi connectivity index (χ0) is 22.9. The maximum atomic E-state index is 13.8. The number of nitro groups is 1. The molecule has 0 saturated carbocycles. The zero-order valence-electron chi connectivity index (χ0n) is 18.3. The van der Waals surface area contributed by atoms with Gasteiger partial charge in [-0.1, -0.05) is 56.3 Å². The summed E-state index contributed by atoms with van der Waals surface area (Å²) in [6, 6.07) is 15.1. The van der Waals surface area contributed by atoms with Crippen LogP contribution in [0.3, 0.4) is 0 Å². The van der Waals surface area contributed by atoms with Gasteiger partial charge in [-0.25, -0.2) is 8.42 Å². The van der Waals surface area contributed by atoms with Gasteiger partial charge < -0.3 is 0 Å². The van der Waals surface area contributed by atoms with E-state index in [1.165, 1.54) is 28.6 Å². The first-order chi connectivity index (χ1) is 15.3. The first-order valence-corrected chi connectivity index (χ1v) is 12.5. The van der Waals surface area contributed by atoms with Crippen molar-refractivity contribution in [2.45, 2.75) is 62.7 Å². The SMILES string of the molecule is CC(C)C1C2CC(CCCN1S(=O)(=O)c1ccccc1[N+](=O)[O-])ON2Cc1ccccc1. The maximum Gasteiger partial charge on any atom is 0.289 e. The van der Waals surface area contributed by atoms with Gasteiger partial charge in [-0.3, -0.25) is 15.0 Å². The molecule has 2 bridgehead atoms. The van der Waals surface area contributed by atoms with Crippen LogP contribution in [0, 0.1) is 16.0 Å². The first-order valence-electron chi connectivity index (χ1n) is 11.0. The predicted octanol–water partition coefficient (Wildman–Crippen LogP) is 3.98. The lowest BCUT2D eigenvalue weighted by atomic mass is 9.90. The highest BCUT2D eigenvalue weighted by Crippen LogP contribution is 2.38. The summed E-state index contributed by atoms with van der Waals surface area (Å²) < 4.78 is 29.1. The summed E-state index contributed by atoms with van der Waals surface area (Å²) in [5, 5.41) is 13.5. The van der Waals surface area contributed by atoms with Gasteiger partial charge in [-0.2, -0.15) is 9.37 Å². The molecule has 2 fully saturated rings. The molecule has 2 aliphatic rings. The second kappa shape index (κ2) is 9.27. The molecule has 0 spiro atoms. The van der Waals surface area contributed by atoms with E-state index in [1.54, 1.807) is 0 Å². The molecule has 2 heterocycles. The molecule has 172 valence electrons. The van der Waals surface area contributed by atoms with E-state index in [2.05, 4.69) is 0 Å². The molecule has 2 saturated heterocycles. The van der Waals surface area contributed by atoms with Crippen LogP contribution in [0.4, 0.5) is 5.69 Å². The first kappa shape index (κ1) is 22.8. The van der Waals surface area contributed by atoms with Crippen LogP contribution in [-0.4, -0.2) is 47.4 Å². The average molecular weight is 460 g/mol. The van der Waals surface area contributed by atoms with Crippen molar-refractivity contribution in [1.29, 1.82) is 0 Å². The van der Waals surface area contributed by atoms with Crippen LogP contribution >= 0.6 is 0 Å². The second-order valence-electron chi connectivity index (χ2n) is 8.81. The Bertz CT molecular complexity index is 1060. The molecule has 0 aromatic heterocycles. The quantitative estimate of drug-likeness (QED) is 0.479. The van der Waals surface area contributed by atoms with Gasteiger partial charge in [0.2, 0.25) is 10.0 Å². The van der Waals surface area contributed by atoms with E-state index in [1.807, 2.05) is 49.2 Å². The van der Waals surface area contributed by atoms with Crippen molar-refractivity contribution in [3.05, 3.63) is 70.3 Å². The number of para-hydroxylation sites is 1. The summed E-state index contributed by atoms with van der Waals surface area (Å²) in [5.41, 5.74) is 0.701. The lowest BCUT2D eigenvalue weighted by molar-refractivity contribution is -0.387. The predicted molar refractivity (Wildman–Crippen MR) is 120 cm³/mol. The smallest absolute Gasteiger partial charge is 0.289 e. The number of nitro benzene ring substituents is 1. The molecule has 9 heteroatoms. The Morgan fingerprint density at radius 1 is 1.12 bits per heavy atom. The molecule has 3 atom stereocenters. The minimum Gasteiger partial charge on any atom is -0.295 e. The summed E-state index contributed by atoms with van der Waals surface area (Å²) in [5.74, 6) is -0.00346. The lowest BCUT2D eigenvalue weighted by Gasteiger charge is -2.40. The van der Waals surface area contributed by atoms with Gasteiger partial charge in [0, 0.05) is 25.2 Å². The number of hydroxylamine groups is 2. The van der Waals surface area contributed by atoms with E-state index in [0.717, 1.165) is 18.4 Å². The van der Waals surface area contributed by atoms with Gasteiger partial charge in [0.05, 0.1) is 17.1 Å². The van der Waals surface area contributed by atoms with Gasteiger partial charge in [0.15, 0.2) is 4.90 Å². The van der Waals surface area contributed by atoms with Crippen LogP contribution in [-0.2, 0) is 21.4 Å². The van der Waals surface area contributed by atoms with E-state index < -0.39 is 20.6 Å². The van der Waals surface area contributed by atoms with Crippen molar-refractivity contribution in [2.24, 2.45) is 5.92 Å². The molecule has 2 aliphatic heterocycles. The number of rotatable bonds is 6. The van der Waals surface area contributed by atoms with Gasteiger partial charge in [0.1, 0.15) is 0 Å². The van der Waals surface area contributed by atoms with Crippen molar-refractivity contribution in [2.75, 3.05) is 6.54 Å². The largest absolute Gasteiger partial charge is 0.295 e. The van der Waals surface area contributed by atoms with Crippen LogP contribution in [0.25, 0.3) is 0 Å². The van der Waals surface area contributed by atoms with Crippen LogP contribution in [0.2, 0.25) is 0 Å². The number of nitrogens with zero attached hydrogens (tertiary/aromatic N) is 3. The van der Waals surface area contributed by atoms with Gasteiger partial charge in [0.25, 0.3) is 5.69 Å².